The first-order chi connectivity index (χ1) is 13.8. The molecule has 1 amide bonds. The van der Waals surface area contributed by atoms with E-state index in [0.29, 0.717) is 5.92 Å². The number of para-hydroxylation sites is 1. The smallest absolute Gasteiger partial charge is 0.243 e. The molecule has 0 saturated heterocycles. The predicted molar refractivity (Wildman–Crippen MR) is 118 cm³/mol. The molecule has 0 bridgehead atoms. The number of fused-ring (bicyclic) bond motifs is 1. The van der Waals surface area contributed by atoms with E-state index in [0.717, 1.165) is 32.7 Å². The van der Waals surface area contributed by atoms with Gasteiger partial charge in [-0.05, 0) is 46.9 Å². The topological polar surface area (TPSA) is 66.5 Å². The van der Waals surface area contributed by atoms with E-state index in [-0.39, 0.29) is 17.3 Å². The lowest BCUT2D eigenvalue weighted by atomic mass is 9.97. The molecule has 0 fully saturated rings. The molecule has 0 spiro atoms. The summed E-state index contributed by atoms with van der Waals surface area (Å²) in [5, 5.41) is 4.67. The normalized spacial score (nSPS) is 12.8. The minimum atomic E-state index is -3.78. The lowest BCUT2D eigenvalue weighted by Gasteiger charge is -2.19. The number of nitrogens with one attached hydrogen (secondary N) is 1. The van der Waals surface area contributed by atoms with E-state index >= 15 is 0 Å². The van der Waals surface area contributed by atoms with Crippen molar-refractivity contribution in [2.45, 2.75) is 31.1 Å². The maximum atomic E-state index is 12.9. The zero-order chi connectivity index (χ0) is 21.0. The molecule has 29 heavy (non-hydrogen) atoms. The Labute approximate surface area is 172 Å². The third-order valence-electron chi connectivity index (χ3n) is 5.17. The second kappa shape index (κ2) is 8.76. The van der Waals surface area contributed by atoms with Gasteiger partial charge in [0.05, 0.1) is 11.4 Å². The lowest BCUT2D eigenvalue weighted by molar-refractivity contribution is -0.116. The highest BCUT2D eigenvalue weighted by Crippen LogP contribution is 2.26. The Morgan fingerprint density at radius 3 is 2.38 bits per heavy atom. The highest BCUT2D eigenvalue weighted by Gasteiger charge is 2.23. The van der Waals surface area contributed by atoms with E-state index in [2.05, 4.69) is 19.2 Å². The molecule has 0 aliphatic rings. The quantitative estimate of drug-likeness (QED) is 0.618. The van der Waals surface area contributed by atoms with Gasteiger partial charge in [-0.15, -0.1) is 0 Å². The number of nitrogens with zero attached hydrogens (tertiary/aromatic N) is 1. The largest absolute Gasteiger partial charge is 0.325 e. The van der Waals surface area contributed by atoms with Crippen LogP contribution in [0.2, 0.25) is 0 Å². The summed E-state index contributed by atoms with van der Waals surface area (Å²) in [7, 11) is -2.36. The fraction of sp³-hybridized carbons (Fsp3) is 0.261. The molecule has 5 nitrogen and oxygen atoms in total. The summed E-state index contributed by atoms with van der Waals surface area (Å²) in [6, 6.07) is 20.2. The number of amides is 1. The number of sulfonamides is 1. The molecular weight excluding hydrogens is 384 g/mol. The van der Waals surface area contributed by atoms with Crippen molar-refractivity contribution in [2.24, 2.45) is 0 Å². The maximum absolute atomic E-state index is 12.9. The van der Waals surface area contributed by atoms with E-state index in [1.54, 1.807) is 18.2 Å². The van der Waals surface area contributed by atoms with Gasteiger partial charge in [0, 0.05) is 12.7 Å². The molecule has 152 valence electrons. The summed E-state index contributed by atoms with van der Waals surface area (Å²) in [6.07, 6.45) is 0.948. The van der Waals surface area contributed by atoms with Crippen LogP contribution in [-0.4, -0.2) is 32.2 Å². The van der Waals surface area contributed by atoms with E-state index in [9.17, 15) is 13.2 Å². The van der Waals surface area contributed by atoms with Gasteiger partial charge >= 0.3 is 0 Å². The highest BCUT2D eigenvalue weighted by atomic mass is 32.2. The molecule has 1 atom stereocenters. The maximum Gasteiger partial charge on any atom is 0.243 e. The summed E-state index contributed by atoms with van der Waals surface area (Å²) >= 11 is 0. The third kappa shape index (κ3) is 4.66. The monoisotopic (exact) mass is 410 g/mol. The van der Waals surface area contributed by atoms with Gasteiger partial charge in [-0.2, -0.15) is 4.31 Å². The number of likely N-dealkylation sites (N-methyl/N-ethyl adjacent to an activating group) is 1. The van der Waals surface area contributed by atoms with Crippen molar-refractivity contribution in [1.29, 1.82) is 0 Å². The molecule has 1 N–H and O–H groups in total. The zero-order valence-electron chi connectivity index (χ0n) is 16.9. The van der Waals surface area contributed by atoms with E-state index in [4.69, 9.17) is 0 Å². The van der Waals surface area contributed by atoms with Crippen LogP contribution in [0, 0.1) is 0 Å². The van der Waals surface area contributed by atoms with Gasteiger partial charge in [-0.3, -0.25) is 4.79 Å². The summed E-state index contributed by atoms with van der Waals surface area (Å²) in [5.74, 6) is -0.0711. The van der Waals surface area contributed by atoms with Crippen LogP contribution in [0.5, 0.6) is 0 Å². The Kier molecular flexibility index (Phi) is 6.35. The van der Waals surface area contributed by atoms with Gasteiger partial charge in [0.1, 0.15) is 0 Å². The SMILES string of the molecule is CCC(C)c1ccccc1NC(=O)CN(C)S(=O)(=O)c1ccc2ccccc2c1. The zero-order valence-corrected chi connectivity index (χ0v) is 17.7. The average Bonchev–Trinajstić information content (AvgIpc) is 2.73. The van der Waals surface area contributed by atoms with Gasteiger partial charge < -0.3 is 5.32 Å². The third-order valence-corrected chi connectivity index (χ3v) is 6.97. The molecule has 0 saturated carbocycles. The summed E-state index contributed by atoms with van der Waals surface area (Å²) in [4.78, 5) is 12.7. The van der Waals surface area contributed by atoms with E-state index < -0.39 is 10.0 Å². The van der Waals surface area contributed by atoms with Crippen molar-refractivity contribution in [3.05, 3.63) is 72.3 Å². The molecule has 0 aliphatic carbocycles. The first-order valence-corrected chi connectivity index (χ1v) is 11.1. The molecule has 6 heteroatoms. The number of rotatable bonds is 7. The number of hydrogen-bond acceptors (Lipinski definition) is 3. The van der Waals surface area contributed by atoms with Gasteiger partial charge in [-0.25, -0.2) is 8.42 Å². The van der Waals surface area contributed by atoms with Crippen LogP contribution < -0.4 is 5.32 Å². The Morgan fingerprint density at radius 1 is 1.00 bits per heavy atom. The van der Waals surface area contributed by atoms with Crippen LogP contribution in [0.1, 0.15) is 31.7 Å². The van der Waals surface area contributed by atoms with Crippen LogP contribution in [0.15, 0.2) is 71.6 Å². The van der Waals surface area contributed by atoms with E-state index in [1.807, 2.05) is 48.5 Å². The van der Waals surface area contributed by atoms with Crippen molar-refractivity contribution in [2.75, 3.05) is 18.9 Å². The minimum Gasteiger partial charge on any atom is -0.325 e. The van der Waals surface area contributed by atoms with Crippen molar-refractivity contribution in [3.8, 4) is 0 Å². The molecule has 3 rings (SSSR count). The number of benzene rings is 3. The van der Waals surface area contributed by atoms with Gasteiger partial charge in [0.15, 0.2) is 0 Å². The van der Waals surface area contributed by atoms with Gasteiger partial charge in [-0.1, -0.05) is 62.4 Å². The summed E-state index contributed by atoms with van der Waals surface area (Å²) in [5.41, 5.74) is 1.77. The van der Waals surface area contributed by atoms with Crippen molar-refractivity contribution >= 4 is 32.4 Å². The summed E-state index contributed by atoms with van der Waals surface area (Å²) in [6.45, 7) is 3.93. The Morgan fingerprint density at radius 2 is 1.66 bits per heavy atom. The number of carbonyl (C=O) groups excluding carboxylic acids is 1. The fourth-order valence-corrected chi connectivity index (χ4v) is 4.41. The second-order valence-electron chi connectivity index (χ2n) is 7.21. The van der Waals surface area contributed by atoms with Crippen LogP contribution >= 0.6 is 0 Å². The Balaban J connectivity index is 1.76. The minimum absolute atomic E-state index is 0.173. The van der Waals surface area contributed by atoms with Gasteiger partial charge in [0.2, 0.25) is 15.9 Å². The molecule has 0 heterocycles. The molecule has 3 aromatic rings. The fourth-order valence-electron chi connectivity index (χ4n) is 3.25. The van der Waals surface area contributed by atoms with E-state index in [1.165, 1.54) is 7.05 Å². The second-order valence-corrected chi connectivity index (χ2v) is 9.26. The number of anilines is 1. The standard InChI is InChI=1S/C23H26N2O3S/c1-4-17(2)21-11-7-8-12-22(21)24-23(26)16-25(3)29(27,28)20-14-13-18-9-5-6-10-19(18)15-20/h5-15,17H,4,16H2,1-3H3,(H,24,26). The van der Waals surface area contributed by atoms with Crippen molar-refractivity contribution in [3.63, 3.8) is 0 Å². The molecule has 0 radical (unpaired) electrons. The lowest BCUT2D eigenvalue weighted by Crippen LogP contribution is -2.35. The Hall–Kier alpha value is -2.70. The van der Waals surface area contributed by atoms with Crippen molar-refractivity contribution < 1.29 is 13.2 Å². The Bertz CT molecular complexity index is 1130. The summed E-state index contributed by atoms with van der Waals surface area (Å²) < 4.78 is 26.9. The van der Waals surface area contributed by atoms with Crippen LogP contribution in [0.25, 0.3) is 10.8 Å². The number of carbonyl (C=O) groups is 1. The van der Waals surface area contributed by atoms with Crippen LogP contribution in [-0.2, 0) is 14.8 Å². The van der Waals surface area contributed by atoms with Gasteiger partial charge in [0.25, 0.3) is 0 Å². The molecule has 3 aromatic carbocycles. The van der Waals surface area contributed by atoms with Crippen molar-refractivity contribution in [1.82, 2.24) is 4.31 Å². The predicted octanol–water partition coefficient (Wildman–Crippen LogP) is 4.61. The first kappa shape index (κ1) is 21.0. The average molecular weight is 411 g/mol. The van der Waals surface area contributed by atoms with Crippen LogP contribution in [0.3, 0.4) is 0 Å². The number of hydrogen-bond donors (Lipinski definition) is 1. The molecule has 1 unspecified atom stereocenters. The highest BCUT2D eigenvalue weighted by molar-refractivity contribution is 7.89. The molecule has 0 aromatic heterocycles. The molecular formula is C23H26N2O3S. The first-order valence-electron chi connectivity index (χ1n) is 9.67. The molecule has 0 aliphatic heterocycles. The van der Waals surface area contributed by atoms with Crippen LogP contribution in [0.4, 0.5) is 5.69 Å².